The third-order valence-electron chi connectivity index (χ3n) is 4.88. The molecule has 0 N–H and O–H groups in total. The van der Waals surface area contributed by atoms with E-state index in [2.05, 4.69) is 15.2 Å². The third-order valence-corrected chi connectivity index (χ3v) is 5.66. The van der Waals surface area contributed by atoms with Crippen molar-refractivity contribution in [2.24, 2.45) is 0 Å². The number of benzene rings is 2. The number of carbonyl (C=O) groups excluding carboxylic acids is 1. The molecule has 2 heterocycles. The van der Waals surface area contributed by atoms with Crippen LogP contribution in [-0.4, -0.2) is 34.5 Å². The van der Waals surface area contributed by atoms with Gasteiger partial charge >= 0.3 is 0 Å². The van der Waals surface area contributed by atoms with Gasteiger partial charge in [-0.2, -0.15) is 4.98 Å². The van der Waals surface area contributed by atoms with Gasteiger partial charge in [0.1, 0.15) is 5.75 Å². The minimum absolute atomic E-state index is 0.0715. The van der Waals surface area contributed by atoms with Gasteiger partial charge in [0.25, 0.3) is 0 Å². The van der Waals surface area contributed by atoms with Gasteiger partial charge < -0.3 is 9.47 Å². The number of thioether (sulfide) groups is 1. The number of anilines is 1. The van der Waals surface area contributed by atoms with Crippen LogP contribution in [0.4, 0.5) is 5.69 Å². The van der Waals surface area contributed by atoms with Gasteiger partial charge in [0, 0.05) is 22.6 Å². The molecule has 0 fully saturated rings. The molecular formula is C22H21ClN4O3S. The molecular weight excluding hydrogens is 436 g/mol. The molecule has 0 radical (unpaired) electrons. The maximum absolute atomic E-state index is 13.3. The summed E-state index contributed by atoms with van der Waals surface area (Å²) >= 11 is 7.66. The molecule has 31 heavy (non-hydrogen) atoms. The van der Waals surface area contributed by atoms with Crippen molar-refractivity contribution in [1.82, 2.24) is 15.2 Å². The zero-order chi connectivity index (χ0) is 22.0. The first kappa shape index (κ1) is 21.4. The van der Waals surface area contributed by atoms with Crippen LogP contribution in [0.1, 0.15) is 31.6 Å². The molecule has 7 nitrogen and oxygen atoms in total. The number of carbonyl (C=O) groups is 1. The third kappa shape index (κ3) is 4.18. The summed E-state index contributed by atoms with van der Waals surface area (Å²) in [5, 5.41) is 9.51. The summed E-state index contributed by atoms with van der Waals surface area (Å²) in [6, 6.07) is 12.7. The number of hydrogen-bond donors (Lipinski definition) is 0. The maximum Gasteiger partial charge on any atom is 0.247 e. The van der Waals surface area contributed by atoms with Crippen molar-refractivity contribution < 1.29 is 14.3 Å². The second kappa shape index (κ2) is 9.11. The van der Waals surface area contributed by atoms with Crippen molar-refractivity contribution in [2.75, 3.05) is 18.3 Å². The van der Waals surface area contributed by atoms with Gasteiger partial charge in [0.2, 0.25) is 23.2 Å². The smallest absolute Gasteiger partial charge is 0.247 e. The molecule has 0 bridgehead atoms. The van der Waals surface area contributed by atoms with Crippen LogP contribution in [0, 0.1) is 0 Å². The molecule has 1 amide bonds. The van der Waals surface area contributed by atoms with E-state index >= 15 is 0 Å². The number of ether oxygens (including phenoxy) is 2. The zero-order valence-corrected chi connectivity index (χ0v) is 18.9. The molecule has 2 aromatic carbocycles. The van der Waals surface area contributed by atoms with Crippen molar-refractivity contribution in [3.05, 3.63) is 53.1 Å². The molecule has 1 aliphatic heterocycles. The van der Waals surface area contributed by atoms with Gasteiger partial charge in [-0.15, -0.1) is 10.2 Å². The van der Waals surface area contributed by atoms with Gasteiger partial charge in [0.15, 0.2) is 5.69 Å². The van der Waals surface area contributed by atoms with E-state index in [1.807, 2.05) is 43.5 Å². The normalized spacial score (nSPS) is 14.8. The fraction of sp³-hybridized carbons (Fsp3) is 0.273. The lowest BCUT2D eigenvalue weighted by Gasteiger charge is -2.31. The van der Waals surface area contributed by atoms with Crippen molar-refractivity contribution in [2.45, 2.75) is 31.1 Å². The van der Waals surface area contributed by atoms with Crippen LogP contribution in [0.2, 0.25) is 5.02 Å². The SMILES string of the molecule is CCCC(=O)N1c2ccc(Cl)cc2-c2nnc(SC)nc2OC1c1ccc(OC)cc1. The fourth-order valence-electron chi connectivity index (χ4n) is 3.41. The highest BCUT2D eigenvalue weighted by atomic mass is 35.5. The van der Waals surface area contributed by atoms with Crippen molar-refractivity contribution in [3.63, 3.8) is 0 Å². The van der Waals surface area contributed by atoms with Crippen LogP contribution >= 0.6 is 23.4 Å². The first-order valence-electron chi connectivity index (χ1n) is 9.77. The molecule has 4 rings (SSSR count). The Hall–Kier alpha value is -2.84. The lowest BCUT2D eigenvalue weighted by molar-refractivity contribution is -0.120. The molecule has 0 saturated carbocycles. The van der Waals surface area contributed by atoms with E-state index in [9.17, 15) is 4.79 Å². The molecule has 1 aromatic heterocycles. The summed E-state index contributed by atoms with van der Waals surface area (Å²) in [7, 11) is 1.61. The Labute approximate surface area is 189 Å². The Balaban J connectivity index is 1.95. The van der Waals surface area contributed by atoms with Crippen LogP contribution in [0.3, 0.4) is 0 Å². The zero-order valence-electron chi connectivity index (χ0n) is 17.3. The van der Waals surface area contributed by atoms with Crippen LogP contribution in [-0.2, 0) is 4.79 Å². The molecule has 0 aliphatic carbocycles. The number of hydrogen-bond acceptors (Lipinski definition) is 7. The molecule has 0 spiro atoms. The Morgan fingerprint density at radius 1 is 1.23 bits per heavy atom. The van der Waals surface area contributed by atoms with Crippen LogP contribution in [0.5, 0.6) is 11.6 Å². The Kier molecular flexibility index (Phi) is 6.29. The minimum Gasteiger partial charge on any atom is -0.497 e. The molecule has 0 saturated heterocycles. The maximum atomic E-state index is 13.3. The van der Waals surface area contributed by atoms with E-state index < -0.39 is 6.23 Å². The molecule has 1 unspecified atom stereocenters. The van der Waals surface area contributed by atoms with E-state index in [0.29, 0.717) is 51.6 Å². The van der Waals surface area contributed by atoms with Crippen molar-refractivity contribution >= 4 is 35.0 Å². The number of aromatic nitrogens is 3. The monoisotopic (exact) mass is 456 g/mol. The fourth-order valence-corrected chi connectivity index (χ4v) is 3.88. The lowest BCUT2D eigenvalue weighted by atomic mass is 10.1. The number of nitrogens with zero attached hydrogens (tertiary/aromatic N) is 4. The van der Waals surface area contributed by atoms with Crippen molar-refractivity contribution in [3.8, 4) is 22.9 Å². The largest absolute Gasteiger partial charge is 0.497 e. The van der Waals surface area contributed by atoms with Gasteiger partial charge in [0.05, 0.1) is 12.8 Å². The van der Waals surface area contributed by atoms with Gasteiger partial charge in [-0.25, -0.2) is 0 Å². The topological polar surface area (TPSA) is 77.4 Å². The predicted molar refractivity (Wildman–Crippen MR) is 121 cm³/mol. The van der Waals surface area contributed by atoms with Crippen LogP contribution < -0.4 is 14.4 Å². The summed E-state index contributed by atoms with van der Waals surface area (Å²) in [4.78, 5) is 19.5. The Bertz CT molecular complexity index is 1110. The molecule has 1 atom stereocenters. The van der Waals surface area contributed by atoms with E-state index in [-0.39, 0.29) is 5.91 Å². The highest BCUT2D eigenvalue weighted by molar-refractivity contribution is 7.98. The summed E-state index contributed by atoms with van der Waals surface area (Å²) in [5.41, 5.74) is 2.52. The van der Waals surface area contributed by atoms with Crippen LogP contribution in [0.25, 0.3) is 11.3 Å². The lowest BCUT2D eigenvalue weighted by Crippen LogP contribution is -2.37. The van der Waals surface area contributed by atoms with E-state index in [1.165, 1.54) is 11.8 Å². The second-order valence-electron chi connectivity index (χ2n) is 6.87. The predicted octanol–water partition coefficient (Wildman–Crippen LogP) is 5.15. The number of halogens is 1. The summed E-state index contributed by atoms with van der Waals surface area (Å²) in [6.07, 6.45) is 2.19. The first-order chi connectivity index (χ1) is 15.0. The molecule has 9 heteroatoms. The molecule has 160 valence electrons. The van der Waals surface area contributed by atoms with Gasteiger partial charge in [-0.05, 0) is 55.1 Å². The Morgan fingerprint density at radius 3 is 2.68 bits per heavy atom. The molecule has 1 aliphatic rings. The number of methoxy groups -OCH3 is 1. The average Bonchev–Trinajstić information content (AvgIpc) is 2.93. The van der Waals surface area contributed by atoms with Crippen molar-refractivity contribution in [1.29, 1.82) is 0 Å². The van der Waals surface area contributed by atoms with E-state index in [0.717, 1.165) is 5.56 Å². The second-order valence-corrected chi connectivity index (χ2v) is 8.08. The van der Waals surface area contributed by atoms with E-state index in [1.54, 1.807) is 24.1 Å². The number of rotatable bonds is 5. The van der Waals surface area contributed by atoms with Crippen LogP contribution in [0.15, 0.2) is 47.6 Å². The summed E-state index contributed by atoms with van der Waals surface area (Å²) < 4.78 is 11.6. The Morgan fingerprint density at radius 2 is 2.00 bits per heavy atom. The summed E-state index contributed by atoms with van der Waals surface area (Å²) in [6.45, 7) is 1.97. The first-order valence-corrected chi connectivity index (χ1v) is 11.4. The van der Waals surface area contributed by atoms with Gasteiger partial charge in [-0.3, -0.25) is 9.69 Å². The summed E-state index contributed by atoms with van der Waals surface area (Å²) in [5.74, 6) is 0.943. The standard InChI is InChI=1S/C22H21ClN4O3S/c1-4-5-18(28)27-17-11-8-14(23)12-16(17)19-20(24-22(31-3)26-25-19)30-21(27)13-6-9-15(29-2)10-7-13/h6-12,21H,4-5H2,1-3H3. The highest BCUT2D eigenvalue weighted by Gasteiger charge is 2.35. The number of fused-ring (bicyclic) bond motifs is 3. The minimum atomic E-state index is -0.738. The average molecular weight is 457 g/mol. The number of amides is 1. The quantitative estimate of drug-likeness (QED) is 0.491. The highest BCUT2D eigenvalue weighted by Crippen LogP contribution is 2.44. The molecule has 3 aromatic rings. The van der Waals surface area contributed by atoms with Gasteiger partial charge in [-0.1, -0.05) is 30.3 Å². The van der Waals surface area contributed by atoms with E-state index in [4.69, 9.17) is 21.1 Å².